The maximum atomic E-state index is 13.0. The molecule has 2 rings (SSSR count). The molecule has 0 saturated carbocycles. The van der Waals surface area contributed by atoms with Crippen LogP contribution in [0.25, 0.3) is 0 Å². The highest BCUT2D eigenvalue weighted by Gasteiger charge is 2.13. The summed E-state index contributed by atoms with van der Waals surface area (Å²) in [6, 6.07) is 7.29. The molecule has 1 heterocycles. The van der Waals surface area contributed by atoms with Crippen molar-refractivity contribution in [3.8, 4) is 0 Å². The summed E-state index contributed by atoms with van der Waals surface area (Å²) in [5, 5.41) is 6.68. The van der Waals surface area contributed by atoms with Crippen LogP contribution >= 0.6 is 11.3 Å². The minimum Gasteiger partial charge on any atom is -0.314 e. The molecule has 4 heteroatoms. The Bertz CT molecular complexity index is 494. The van der Waals surface area contributed by atoms with Gasteiger partial charge in [0.1, 0.15) is 5.82 Å². The van der Waals surface area contributed by atoms with Crippen LogP contribution in [0.15, 0.2) is 35.8 Å². The SMILES string of the molecule is CC(C)NCC(Cc1ccc(F)cc1)Cc1nccs1. The minimum absolute atomic E-state index is 0.175. The summed E-state index contributed by atoms with van der Waals surface area (Å²) in [5.41, 5.74) is 1.18. The van der Waals surface area contributed by atoms with E-state index >= 15 is 0 Å². The molecule has 1 aromatic carbocycles. The predicted molar refractivity (Wildman–Crippen MR) is 82.6 cm³/mol. The molecule has 1 unspecified atom stereocenters. The lowest BCUT2D eigenvalue weighted by Crippen LogP contribution is -2.31. The molecule has 1 aromatic heterocycles. The quantitative estimate of drug-likeness (QED) is 0.842. The van der Waals surface area contributed by atoms with Gasteiger partial charge in [0, 0.05) is 24.0 Å². The Morgan fingerprint density at radius 3 is 2.55 bits per heavy atom. The van der Waals surface area contributed by atoms with Gasteiger partial charge in [-0.3, -0.25) is 0 Å². The van der Waals surface area contributed by atoms with Crippen molar-refractivity contribution in [1.29, 1.82) is 0 Å². The van der Waals surface area contributed by atoms with E-state index in [1.165, 1.54) is 22.7 Å². The number of aromatic nitrogens is 1. The van der Waals surface area contributed by atoms with Crippen LogP contribution < -0.4 is 5.32 Å². The zero-order valence-corrected chi connectivity index (χ0v) is 12.8. The molecule has 0 saturated heterocycles. The largest absolute Gasteiger partial charge is 0.314 e. The summed E-state index contributed by atoms with van der Waals surface area (Å²) in [5.74, 6) is 0.305. The van der Waals surface area contributed by atoms with Crippen LogP contribution in [0.1, 0.15) is 24.4 Å². The van der Waals surface area contributed by atoms with E-state index in [9.17, 15) is 4.39 Å². The van der Waals surface area contributed by atoms with Gasteiger partial charge in [0.2, 0.25) is 0 Å². The zero-order valence-electron chi connectivity index (χ0n) is 12.0. The van der Waals surface area contributed by atoms with Crippen LogP contribution in [0.2, 0.25) is 0 Å². The van der Waals surface area contributed by atoms with Crippen molar-refractivity contribution in [3.05, 3.63) is 52.2 Å². The Hall–Kier alpha value is -1.26. The zero-order chi connectivity index (χ0) is 14.4. The first-order valence-corrected chi connectivity index (χ1v) is 7.87. The van der Waals surface area contributed by atoms with Crippen molar-refractivity contribution < 1.29 is 4.39 Å². The first-order chi connectivity index (χ1) is 9.63. The third kappa shape index (κ3) is 5.02. The van der Waals surface area contributed by atoms with Crippen molar-refractivity contribution in [2.24, 2.45) is 5.92 Å². The molecular formula is C16H21FN2S. The van der Waals surface area contributed by atoms with Gasteiger partial charge in [-0.2, -0.15) is 0 Å². The van der Waals surface area contributed by atoms with Crippen LogP contribution in [0, 0.1) is 11.7 Å². The maximum absolute atomic E-state index is 13.0. The molecule has 2 nitrogen and oxygen atoms in total. The number of nitrogens with one attached hydrogen (secondary N) is 1. The molecule has 0 radical (unpaired) electrons. The average Bonchev–Trinajstić information content (AvgIpc) is 2.91. The van der Waals surface area contributed by atoms with Crippen molar-refractivity contribution in [2.45, 2.75) is 32.7 Å². The lowest BCUT2D eigenvalue weighted by Gasteiger charge is -2.18. The molecular weight excluding hydrogens is 271 g/mol. The number of halogens is 1. The van der Waals surface area contributed by atoms with E-state index in [2.05, 4.69) is 24.1 Å². The maximum Gasteiger partial charge on any atom is 0.123 e. The molecule has 0 aliphatic rings. The number of hydrogen-bond acceptors (Lipinski definition) is 3. The van der Waals surface area contributed by atoms with Crippen LogP contribution in [-0.4, -0.2) is 17.6 Å². The molecule has 0 aliphatic heterocycles. The highest BCUT2D eigenvalue weighted by atomic mass is 32.1. The Balaban J connectivity index is 1.99. The van der Waals surface area contributed by atoms with E-state index in [4.69, 9.17) is 0 Å². The van der Waals surface area contributed by atoms with E-state index < -0.39 is 0 Å². The third-order valence-electron chi connectivity index (χ3n) is 3.20. The Labute approximate surface area is 124 Å². The molecule has 0 amide bonds. The molecule has 108 valence electrons. The van der Waals surface area contributed by atoms with E-state index in [0.717, 1.165) is 19.4 Å². The van der Waals surface area contributed by atoms with Gasteiger partial charge in [-0.05, 0) is 36.6 Å². The van der Waals surface area contributed by atoms with Gasteiger partial charge in [-0.1, -0.05) is 26.0 Å². The van der Waals surface area contributed by atoms with Gasteiger partial charge in [0.15, 0.2) is 0 Å². The van der Waals surface area contributed by atoms with Crippen molar-refractivity contribution >= 4 is 11.3 Å². The first-order valence-electron chi connectivity index (χ1n) is 6.99. The molecule has 2 aromatic rings. The summed E-state index contributed by atoms with van der Waals surface area (Å²) in [6.07, 6.45) is 3.76. The van der Waals surface area contributed by atoms with Gasteiger partial charge in [-0.15, -0.1) is 11.3 Å². The van der Waals surface area contributed by atoms with Crippen LogP contribution in [0.3, 0.4) is 0 Å². The molecule has 1 atom stereocenters. The highest BCUT2D eigenvalue weighted by Crippen LogP contribution is 2.16. The van der Waals surface area contributed by atoms with Crippen LogP contribution in [-0.2, 0) is 12.8 Å². The monoisotopic (exact) mass is 292 g/mol. The summed E-state index contributed by atoms with van der Waals surface area (Å²) in [4.78, 5) is 4.37. The van der Waals surface area contributed by atoms with E-state index in [1.807, 2.05) is 23.7 Å². The fourth-order valence-corrected chi connectivity index (χ4v) is 2.91. The number of thiazole rings is 1. The predicted octanol–water partition coefficient (Wildman–Crippen LogP) is 3.68. The summed E-state index contributed by atoms with van der Waals surface area (Å²) in [7, 11) is 0. The number of benzene rings is 1. The molecule has 0 fully saturated rings. The standard InChI is InChI=1S/C16H21FN2S/c1-12(2)19-11-14(10-16-18-7-8-20-16)9-13-3-5-15(17)6-4-13/h3-8,12,14,19H,9-11H2,1-2H3. The van der Waals surface area contributed by atoms with Crippen molar-refractivity contribution in [3.63, 3.8) is 0 Å². The number of nitrogens with zero attached hydrogens (tertiary/aromatic N) is 1. The second-order valence-electron chi connectivity index (χ2n) is 5.39. The average molecular weight is 292 g/mol. The van der Waals surface area contributed by atoms with Crippen LogP contribution in [0.5, 0.6) is 0 Å². The van der Waals surface area contributed by atoms with Gasteiger partial charge < -0.3 is 5.32 Å². The lowest BCUT2D eigenvalue weighted by molar-refractivity contribution is 0.443. The van der Waals surface area contributed by atoms with E-state index in [0.29, 0.717) is 12.0 Å². The van der Waals surface area contributed by atoms with Crippen LogP contribution in [0.4, 0.5) is 4.39 Å². The normalized spacial score (nSPS) is 12.8. The molecule has 0 aliphatic carbocycles. The molecule has 20 heavy (non-hydrogen) atoms. The van der Waals surface area contributed by atoms with Crippen molar-refractivity contribution in [2.75, 3.05) is 6.54 Å². The number of rotatable bonds is 7. The summed E-state index contributed by atoms with van der Waals surface area (Å²) >= 11 is 1.70. The highest BCUT2D eigenvalue weighted by molar-refractivity contribution is 7.09. The second kappa shape index (κ2) is 7.50. The third-order valence-corrected chi connectivity index (χ3v) is 4.00. The van der Waals surface area contributed by atoms with E-state index in [1.54, 1.807) is 11.3 Å². The Morgan fingerprint density at radius 2 is 1.95 bits per heavy atom. The van der Waals surface area contributed by atoms with Gasteiger partial charge in [0.25, 0.3) is 0 Å². The van der Waals surface area contributed by atoms with E-state index in [-0.39, 0.29) is 5.82 Å². The summed E-state index contributed by atoms with van der Waals surface area (Å²) < 4.78 is 13.0. The van der Waals surface area contributed by atoms with Gasteiger partial charge in [0.05, 0.1) is 5.01 Å². The Kier molecular flexibility index (Phi) is 5.68. The first kappa shape index (κ1) is 15.1. The molecule has 1 N–H and O–H groups in total. The minimum atomic E-state index is -0.175. The number of hydrogen-bond donors (Lipinski definition) is 1. The van der Waals surface area contributed by atoms with Crippen molar-refractivity contribution in [1.82, 2.24) is 10.3 Å². The second-order valence-corrected chi connectivity index (χ2v) is 6.37. The summed E-state index contributed by atoms with van der Waals surface area (Å²) in [6.45, 7) is 5.26. The Morgan fingerprint density at radius 1 is 1.20 bits per heavy atom. The molecule has 0 bridgehead atoms. The fourth-order valence-electron chi connectivity index (χ4n) is 2.17. The lowest BCUT2D eigenvalue weighted by atomic mass is 9.96. The fraction of sp³-hybridized carbons (Fsp3) is 0.438. The molecule has 0 spiro atoms. The smallest absolute Gasteiger partial charge is 0.123 e. The van der Waals surface area contributed by atoms with Gasteiger partial charge >= 0.3 is 0 Å². The topological polar surface area (TPSA) is 24.9 Å². The van der Waals surface area contributed by atoms with Gasteiger partial charge in [-0.25, -0.2) is 9.37 Å².